The molecule has 0 atom stereocenters. The zero-order valence-electron chi connectivity index (χ0n) is 12.6. The van der Waals surface area contributed by atoms with Crippen LogP contribution in [0.2, 0.25) is 5.02 Å². The normalized spacial score (nSPS) is 11.3. The summed E-state index contributed by atoms with van der Waals surface area (Å²) in [5, 5.41) is 0.451. The third-order valence-corrected chi connectivity index (χ3v) is 4.07. The van der Waals surface area contributed by atoms with Crippen molar-refractivity contribution >= 4 is 27.5 Å². The highest BCUT2D eigenvalue weighted by Crippen LogP contribution is 2.16. The van der Waals surface area contributed by atoms with Crippen LogP contribution in [0.3, 0.4) is 0 Å². The third kappa shape index (κ3) is 10.1. The van der Waals surface area contributed by atoms with Gasteiger partial charge in [-0.1, -0.05) is 18.5 Å². The van der Waals surface area contributed by atoms with Gasteiger partial charge in [0.15, 0.2) is 9.84 Å². The molecule has 1 rings (SSSR count). The van der Waals surface area contributed by atoms with Crippen LogP contribution in [0.5, 0.6) is 0 Å². The number of rotatable bonds is 3. The summed E-state index contributed by atoms with van der Waals surface area (Å²) in [5.74, 6) is 0.0917. The standard InChI is InChI=1S/C8H10ClNO2S.C5H11NO2/c1-2-13(11,12)6-7-5-10-4-3-8(7)9;1-5(2,3)8-4(6)7/h3-5H,2,6H2,1H3;1-3H3,(H2,6,7). The summed E-state index contributed by atoms with van der Waals surface area (Å²) >= 11 is 5.78. The van der Waals surface area contributed by atoms with Gasteiger partial charge in [0.1, 0.15) is 5.60 Å². The zero-order chi connectivity index (χ0) is 16.7. The number of aromatic nitrogens is 1. The molecular weight excluding hydrogens is 316 g/mol. The van der Waals surface area contributed by atoms with E-state index in [1.165, 1.54) is 12.4 Å². The van der Waals surface area contributed by atoms with Crippen LogP contribution >= 0.6 is 11.6 Å². The number of nitrogens with two attached hydrogens (primary N) is 1. The number of amides is 1. The van der Waals surface area contributed by atoms with E-state index in [1.807, 2.05) is 0 Å². The monoisotopic (exact) mass is 336 g/mol. The number of pyridine rings is 1. The Labute approximate surface area is 130 Å². The van der Waals surface area contributed by atoms with E-state index in [0.717, 1.165) is 0 Å². The third-order valence-electron chi connectivity index (χ3n) is 2.07. The number of hydrogen-bond donors (Lipinski definition) is 1. The van der Waals surface area contributed by atoms with Crippen LogP contribution in [0.25, 0.3) is 0 Å². The summed E-state index contributed by atoms with van der Waals surface area (Å²) in [7, 11) is -3.02. The second-order valence-electron chi connectivity index (χ2n) is 5.18. The first kappa shape index (κ1) is 19.7. The van der Waals surface area contributed by atoms with Gasteiger partial charge in [0.05, 0.1) is 5.75 Å². The zero-order valence-corrected chi connectivity index (χ0v) is 14.2. The van der Waals surface area contributed by atoms with Gasteiger partial charge in [0, 0.05) is 28.7 Å². The lowest BCUT2D eigenvalue weighted by Gasteiger charge is -2.16. The number of nitrogens with zero attached hydrogens (tertiary/aromatic N) is 1. The summed E-state index contributed by atoms with van der Waals surface area (Å²) in [6.45, 7) is 6.90. The number of ether oxygens (including phenoxy) is 1. The Morgan fingerprint density at radius 1 is 1.43 bits per heavy atom. The van der Waals surface area contributed by atoms with Crippen molar-refractivity contribution in [1.82, 2.24) is 4.98 Å². The Bertz CT molecular complexity index is 568. The molecule has 1 amide bonds. The number of hydrogen-bond acceptors (Lipinski definition) is 5. The minimum atomic E-state index is -3.02. The van der Waals surface area contributed by atoms with Crippen molar-refractivity contribution in [3.63, 3.8) is 0 Å². The van der Waals surface area contributed by atoms with Gasteiger partial charge in [-0.05, 0) is 26.8 Å². The van der Waals surface area contributed by atoms with E-state index in [2.05, 4.69) is 9.72 Å². The highest BCUT2D eigenvalue weighted by molar-refractivity contribution is 7.90. The lowest BCUT2D eigenvalue weighted by atomic mass is 10.2. The van der Waals surface area contributed by atoms with Crippen molar-refractivity contribution in [1.29, 1.82) is 0 Å². The summed E-state index contributed by atoms with van der Waals surface area (Å²) in [6.07, 6.45) is 2.29. The largest absolute Gasteiger partial charge is 0.444 e. The van der Waals surface area contributed by atoms with Gasteiger partial charge in [0.2, 0.25) is 0 Å². The molecule has 0 unspecified atom stereocenters. The average molecular weight is 337 g/mol. The molecule has 0 saturated heterocycles. The molecule has 6 nitrogen and oxygen atoms in total. The molecule has 0 aliphatic heterocycles. The second kappa shape index (κ2) is 8.19. The summed E-state index contributed by atoms with van der Waals surface area (Å²) in [5.41, 5.74) is 4.83. The Balaban J connectivity index is 0.000000433. The fraction of sp³-hybridized carbons (Fsp3) is 0.538. The van der Waals surface area contributed by atoms with Crippen molar-refractivity contribution < 1.29 is 17.9 Å². The van der Waals surface area contributed by atoms with E-state index in [9.17, 15) is 13.2 Å². The predicted octanol–water partition coefficient (Wildman–Crippen LogP) is 2.55. The van der Waals surface area contributed by atoms with Crippen LogP contribution in [-0.4, -0.2) is 30.8 Å². The number of carbonyl (C=O) groups is 1. The molecule has 2 N–H and O–H groups in total. The summed E-state index contributed by atoms with van der Waals surface area (Å²) < 4.78 is 27.0. The molecular formula is C13H21ClN2O4S. The van der Waals surface area contributed by atoms with Crippen LogP contribution in [0.1, 0.15) is 33.3 Å². The van der Waals surface area contributed by atoms with Gasteiger partial charge in [-0.2, -0.15) is 0 Å². The Hall–Kier alpha value is -1.34. The Morgan fingerprint density at radius 3 is 2.33 bits per heavy atom. The van der Waals surface area contributed by atoms with Crippen molar-refractivity contribution in [2.24, 2.45) is 5.73 Å². The number of carbonyl (C=O) groups excluding carboxylic acids is 1. The molecule has 0 radical (unpaired) electrons. The van der Waals surface area contributed by atoms with Gasteiger partial charge < -0.3 is 10.5 Å². The van der Waals surface area contributed by atoms with Gasteiger partial charge in [-0.3, -0.25) is 4.98 Å². The first-order valence-corrected chi connectivity index (χ1v) is 8.44. The van der Waals surface area contributed by atoms with E-state index >= 15 is 0 Å². The molecule has 1 aromatic heterocycles. The molecule has 0 fully saturated rings. The molecule has 120 valence electrons. The van der Waals surface area contributed by atoms with E-state index in [-0.39, 0.29) is 11.5 Å². The number of halogens is 1. The van der Waals surface area contributed by atoms with Gasteiger partial charge in [0.25, 0.3) is 0 Å². The number of sulfone groups is 1. The highest BCUT2D eigenvalue weighted by Gasteiger charge is 2.12. The quantitative estimate of drug-likeness (QED) is 0.914. The molecule has 0 spiro atoms. The Kier molecular flexibility index (Phi) is 7.67. The molecule has 0 aliphatic rings. The van der Waals surface area contributed by atoms with E-state index < -0.39 is 21.5 Å². The minimum absolute atomic E-state index is 0.0316. The van der Waals surface area contributed by atoms with Crippen LogP contribution in [-0.2, 0) is 20.3 Å². The van der Waals surface area contributed by atoms with Crippen LogP contribution in [0.15, 0.2) is 18.5 Å². The first-order chi connectivity index (χ1) is 9.47. The average Bonchev–Trinajstić information content (AvgIpc) is 2.29. The SMILES string of the molecule is CC(C)(C)OC(N)=O.CCS(=O)(=O)Cc1cnccc1Cl. The van der Waals surface area contributed by atoms with Crippen molar-refractivity contribution in [2.75, 3.05) is 5.75 Å². The molecule has 1 aromatic rings. The van der Waals surface area contributed by atoms with E-state index in [4.69, 9.17) is 17.3 Å². The minimum Gasteiger partial charge on any atom is -0.444 e. The smallest absolute Gasteiger partial charge is 0.405 e. The maximum Gasteiger partial charge on any atom is 0.405 e. The van der Waals surface area contributed by atoms with Crippen LogP contribution < -0.4 is 5.73 Å². The number of primary amides is 1. The van der Waals surface area contributed by atoms with Gasteiger partial charge >= 0.3 is 6.09 Å². The molecule has 1 heterocycles. The first-order valence-electron chi connectivity index (χ1n) is 6.24. The van der Waals surface area contributed by atoms with Gasteiger partial charge in [-0.15, -0.1) is 0 Å². The topological polar surface area (TPSA) is 99.4 Å². The van der Waals surface area contributed by atoms with Gasteiger partial charge in [-0.25, -0.2) is 13.2 Å². The lowest BCUT2D eigenvalue weighted by molar-refractivity contribution is 0.0600. The lowest BCUT2D eigenvalue weighted by Crippen LogP contribution is -2.27. The fourth-order valence-electron chi connectivity index (χ4n) is 1.16. The summed E-state index contributed by atoms with van der Waals surface area (Å²) in [4.78, 5) is 13.8. The second-order valence-corrected chi connectivity index (χ2v) is 7.94. The molecule has 0 bridgehead atoms. The fourth-order valence-corrected chi connectivity index (χ4v) is 2.32. The molecule has 21 heavy (non-hydrogen) atoms. The molecule has 0 aliphatic carbocycles. The maximum absolute atomic E-state index is 11.2. The highest BCUT2D eigenvalue weighted by atomic mass is 35.5. The van der Waals surface area contributed by atoms with Crippen molar-refractivity contribution in [2.45, 2.75) is 39.0 Å². The Morgan fingerprint density at radius 2 is 2.00 bits per heavy atom. The van der Waals surface area contributed by atoms with Crippen molar-refractivity contribution in [3.05, 3.63) is 29.0 Å². The van der Waals surface area contributed by atoms with Crippen LogP contribution in [0.4, 0.5) is 4.79 Å². The van der Waals surface area contributed by atoms with E-state index in [0.29, 0.717) is 10.6 Å². The summed E-state index contributed by atoms with van der Waals surface area (Å²) in [6, 6.07) is 1.59. The maximum atomic E-state index is 11.2. The molecule has 0 aromatic carbocycles. The van der Waals surface area contributed by atoms with Crippen molar-refractivity contribution in [3.8, 4) is 0 Å². The van der Waals surface area contributed by atoms with E-state index in [1.54, 1.807) is 33.8 Å². The molecule has 8 heteroatoms. The molecule has 0 saturated carbocycles. The van der Waals surface area contributed by atoms with Crippen LogP contribution in [0, 0.1) is 0 Å². The predicted molar refractivity (Wildman–Crippen MR) is 82.8 cm³/mol.